The van der Waals surface area contributed by atoms with Gasteiger partial charge in [0, 0.05) is 14.0 Å². The molecule has 0 fully saturated rings. The van der Waals surface area contributed by atoms with Gasteiger partial charge in [0.15, 0.2) is 0 Å². The summed E-state index contributed by atoms with van der Waals surface area (Å²) in [6.07, 6.45) is 1.35. The van der Waals surface area contributed by atoms with Crippen molar-refractivity contribution < 1.29 is 43.3 Å². The molecule has 1 amide bonds. The number of esters is 3. The summed E-state index contributed by atoms with van der Waals surface area (Å²) in [5, 5.41) is 9.41. The van der Waals surface area contributed by atoms with E-state index in [0.29, 0.717) is 11.3 Å². The van der Waals surface area contributed by atoms with Crippen molar-refractivity contribution in [1.29, 1.82) is 0 Å². The molecule has 1 aromatic rings. The minimum absolute atomic E-state index is 0.0180. The number of carbonyl (C=O) groups excluding carboxylic acids is 5. The van der Waals surface area contributed by atoms with E-state index in [2.05, 4.69) is 19.2 Å². The molecule has 0 bridgehead atoms. The second-order valence-corrected chi connectivity index (χ2v) is 7.83. The van der Waals surface area contributed by atoms with Crippen LogP contribution in [0.25, 0.3) is 0 Å². The van der Waals surface area contributed by atoms with Crippen molar-refractivity contribution in [2.24, 2.45) is 11.7 Å². The van der Waals surface area contributed by atoms with Crippen molar-refractivity contribution >= 4 is 30.1 Å². The molecule has 2 atom stereocenters. The molecule has 0 saturated heterocycles. The zero-order chi connectivity index (χ0) is 29.4. The van der Waals surface area contributed by atoms with E-state index in [-0.39, 0.29) is 25.5 Å². The van der Waals surface area contributed by atoms with Crippen LogP contribution in [-0.4, -0.2) is 67.6 Å². The van der Waals surface area contributed by atoms with E-state index in [1.165, 1.54) is 20.3 Å². The number of aldehydes is 1. The van der Waals surface area contributed by atoms with Crippen LogP contribution < -0.4 is 15.8 Å². The smallest absolute Gasteiger partial charge is 0.325 e. The molecule has 0 saturated carbocycles. The third-order valence-corrected chi connectivity index (χ3v) is 3.77. The van der Waals surface area contributed by atoms with Crippen molar-refractivity contribution in [3.05, 3.63) is 29.8 Å². The standard InChI is InChI=1S/C20H28N2O7.C3H8.C2H4O.CH4O/c1-12(2)19(21)20(26)22-10-18(25)28-13(3)11-27-17(24)9-15-5-7-16(8-6-15)29-14(4)23;1-3-2;1-2-3;1-2/h5-8,12-13,19H,9-11,21H2,1-4H3,(H,22,26);3H2,1-2H3;2H,1H3;2H,1H3. The fourth-order valence-electron chi connectivity index (χ4n) is 2.15. The number of aliphatic hydroxyl groups excluding tert-OH is 1. The van der Waals surface area contributed by atoms with Crippen molar-refractivity contribution in [3.8, 4) is 5.75 Å². The molecule has 11 nitrogen and oxygen atoms in total. The average Bonchev–Trinajstić information content (AvgIpc) is 2.84. The number of ether oxygens (including phenoxy) is 3. The van der Waals surface area contributed by atoms with Gasteiger partial charge in [-0.2, -0.15) is 0 Å². The largest absolute Gasteiger partial charge is 0.461 e. The molecular formula is C26H44N2O9. The van der Waals surface area contributed by atoms with Gasteiger partial charge in [-0.15, -0.1) is 0 Å². The van der Waals surface area contributed by atoms with E-state index < -0.39 is 36.0 Å². The molecule has 1 rings (SSSR count). The third kappa shape index (κ3) is 22.9. The molecule has 212 valence electrons. The van der Waals surface area contributed by atoms with Crippen molar-refractivity contribution in [2.75, 3.05) is 20.3 Å². The predicted octanol–water partition coefficient (Wildman–Crippen LogP) is 1.96. The van der Waals surface area contributed by atoms with Gasteiger partial charge >= 0.3 is 17.9 Å². The Balaban J connectivity index is -0.00000128. The number of nitrogens with one attached hydrogen (secondary N) is 1. The van der Waals surface area contributed by atoms with Crippen LogP contribution in [0.4, 0.5) is 0 Å². The van der Waals surface area contributed by atoms with Crippen LogP contribution in [0.2, 0.25) is 0 Å². The molecular weight excluding hydrogens is 484 g/mol. The summed E-state index contributed by atoms with van der Waals surface area (Å²) in [6, 6.07) is 5.74. The first-order chi connectivity index (χ1) is 17.4. The van der Waals surface area contributed by atoms with Gasteiger partial charge in [0.25, 0.3) is 0 Å². The van der Waals surface area contributed by atoms with Gasteiger partial charge in [0.05, 0.1) is 12.5 Å². The predicted molar refractivity (Wildman–Crippen MR) is 140 cm³/mol. The Morgan fingerprint density at radius 2 is 1.51 bits per heavy atom. The van der Waals surface area contributed by atoms with Crippen LogP contribution in [0.5, 0.6) is 5.75 Å². The number of carbonyl (C=O) groups is 5. The van der Waals surface area contributed by atoms with E-state index in [1.54, 1.807) is 45.0 Å². The van der Waals surface area contributed by atoms with Gasteiger partial charge in [-0.25, -0.2) is 0 Å². The first-order valence-corrected chi connectivity index (χ1v) is 11.9. The lowest BCUT2D eigenvalue weighted by Gasteiger charge is -2.16. The Labute approximate surface area is 220 Å². The fourth-order valence-corrected chi connectivity index (χ4v) is 2.15. The summed E-state index contributed by atoms with van der Waals surface area (Å²) in [5.74, 6) is -1.68. The summed E-state index contributed by atoms with van der Waals surface area (Å²) in [4.78, 5) is 55.0. The van der Waals surface area contributed by atoms with Crippen LogP contribution in [-0.2, 0) is 39.9 Å². The van der Waals surface area contributed by atoms with Crippen LogP contribution in [0.15, 0.2) is 24.3 Å². The van der Waals surface area contributed by atoms with E-state index in [9.17, 15) is 19.2 Å². The number of rotatable bonds is 10. The number of benzene rings is 1. The van der Waals surface area contributed by atoms with Gasteiger partial charge in [0.2, 0.25) is 5.91 Å². The van der Waals surface area contributed by atoms with Crippen LogP contribution in [0, 0.1) is 5.92 Å². The van der Waals surface area contributed by atoms with Crippen molar-refractivity contribution in [3.63, 3.8) is 0 Å². The molecule has 11 heteroatoms. The van der Waals surface area contributed by atoms with Crippen molar-refractivity contribution in [2.45, 2.75) is 73.5 Å². The Kier molecular flexibility index (Phi) is 25.2. The van der Waals surface area contributed by atoms with Crippen LogP contribution in [0.1, 0.15) is 60.5 Å². The summed E-state index contributed by atoms with van der Waals surface area (Å²) in [5.41, 5.74) is 6.36. The Hall–Kier alpha value is -3.31. The van der Waals surface area contributed by atoms with Crippen LogP contribution >= 0.6 is 0 Å². The van der Waals surface area contributed by atoms with E-state index >= 15 is 0 Å². The van der Waals surface area contributed by atoms with Crippen molar-refractivity contribution in [1.82, 2.24) is 5.32 Å². The Bertz CT molecular complexity index is 781. The second kappa shape index (κ2) is 24.4. The van der Waals surface area contributed by atoms with Gasteiger partial charge in [-0.05, 0) is 37.5 Å². The zero-order valence-corrected chi connectivity index (χ0v) is 23.2. The highest BCUT2D eigenvalue weighted by Gasteiger charge is 2.19. The monoisotopic (exact) mass is 528 g/mol. The molecule has 1 aromatic carbocycles. The average molecular weight is 529 g/mol. The molecule has 0 aromatic heterocycles. The maximum atomic E-state index is 11.9. The first kappa shape index (κ1) is 38.2. The number of nitrogens with two attached hydrogens (primary N) is 1. The third-order valence-electron chi connectivity index (χ3n) is 3.77. The number of amides is 1. The lowest BCUT2D eigenvalue weighted by molar-refractivity contribution is -0.157. The molecule has 0 aliphatic heterocycles. The zero-order valence-electron chi connectivity index (χ0n) is 23.2. The summed E-state index contributed by atoms with van der Waals surface area (Å²) < 4.78 is 15.1. The number of aliphatic hydroxyl groups is 1. The van der Waals surface area contributed by atoms with E-state index in [0.717, 1.165) is 13.4 Å². The maximum Gasteiger partial charge on any atom is 0.325 e. The van der Waals surface area contributed by atoms with E-state index in [4.69, 9.17) is 29.8 Å². The number of hydrogen-bond acceptors (Lipinski definition) is 10. The molecule has 0 spiro atoms. The highest BCUT2D eigenvalue weighted by molar-refractivity contribution is 5.85. The number of hydrogen-bond donors (Lipinski definition) is 3. The normalized spacial score (nSPS) is 10.9. The molecule has 4 N–H and O–H groups in total. The van der Waals surface area contributed by atoms with Gasteiger partial charge in [-0.1, -0.05) is 46.2 Å². The lowest BCUT2D eigenvalue weighted by Crippen LogP contribution is -2.46. The second-order valence-electron chi connectivity index (χ2n) is 7.83. The molecule has 37 heavy (non-hydrogen) atoms. The molecule has 2 unspecified atom stereocenters. The molecule has 0 aliphatic carbocycles. The highest BCUT2D eigenvalue weighted by atomic mass is 16.6. The Morgan fingerprint density at radius 1 is 1.03 bits per heavy atom. The molecule has 0 aliphatic rings. The lowest BCUT2D eigenvalue weighted by atomic mass is 10.1. The van der Waals surface area contributed by atoms with Gasteiger partial charge in [0.1, 0.15) is 31.3 Å². The van der Waals surface area contributed by atoms with Gasteiger partial charge < -0.3 is 35.2 Å². The van der Waals surface area contributed by atoms with E-state index in [1.807, 2.05) is 0 Å². The quantitative estimate of drug-likeness (QED) is 0.231. The fraction of sp³-hybridized carbons (Fsp3) is 0.577. The topological polar surface area (TPSA) is 171 Å². The maximum absolute atomic E-state index is 11.9. The summed E-state index contributed by atoms with van der Waals surface area (Å²) in [7, 11) is 1.00. The van der Waals surface area contributed by atoms with Crippen LogP contribution in [0.3, 0.4) is 0 Å². The highest BCUT2D eigenvalue weighted by Crippen LogP contribution is 2.13. The van der Waals surface area contributed by atoms with Gasteiger partial charge in [-0.3, -0.25) is 19.2 Å². The molecule has 0 heterocycles. The first-order valence-electron chi connectivity index (χ1n) is 11.9. The Morgan fingerprint density at radius 3 is 1.95 bits per heavy atom. The SMILES string of the molecule is CC(=O)Oc1ccc(CC(=O)OCC(C)OC(=O)CNC(=O)C(N)C(C)C)cc1.CC=O.CCC.CO. The minimum atomic E-state index is -0.704. The molecule has 0 radical (unpaired) electrons. The minimum Gasteiger partial charge on any atom is -0.461 e. The summed E-state index contributed by atoms with van der Waals surface area (Å²) in [6.45, 7) is 11.7. The summed E-state index contributed by atoms with van der Waals surface area (Å²) >= 11 is 0.